The van der Waals surface area contributed by atoms with Crippen molar-refractivity contribution in [3.05, 3.63) is 30.3 Å². The van der Waals surface area contributed by atoms with E-state index in [0.717, 1.165) is 0 Å². The van der Waals surface area contributed by atoms with Crippen molar-refractivity contribution < 1.29 is 15.1 Å². The average molecular weight is 170 g/mol. The zero-order valence-corrected chi connectivity index (χ0v) is 6.27. The van der Waals surface area contributed by atoms with E-state index >= 15 is 0 Å². The maximum atomic E-state index is 10.1. The van der Waals surface area contributed by atoms with Gasteiger partial charge < -0.3 is 10.3 Å². The second kappa shape index (κ2) is 6.14. The zero-order valence-electron chi connectivity index (χ0n) is 6.27. The summed E-state index contributed by atoms with van der Waals surface area (Å²) in [5.74, 6) is 3.50. The molecule has 0 radical (unpaired) electrons. The van der Waals surface area contributed by atoms with Crippen LogP contribution in [-0.4, -0.2) is 16.4 Å². The third kappa shape index (κ3) is 4.26. The van der Waals surface area contributed by atoms with E-state index in [2.05, 4.69) is 11.2 Å². The molecule has 0 aliphatic rings. The molecular formula is C7H10N2O3. The molecule has 0 fully saturated rings. The Labute approximate surface area is 69.4 Å². The van der Waals surface area contributed by atoms with Gasteiger partial charge in [-0.25, -0.2) is 10.7 Å². The molecule has 12 heavy (non-hydrogen) atoms. The number of nitrogens with two attached hydrogens (primary N) is 1. The molecule has 0 aliphatic heterocycles. The number of anilines is 1. The Morgan fingerprint density at radius 1 is 1.25 bits per heavy atom. The van der Waals surface area contributed by atoms with Crippen LogP contribution < -0.4 is 11.2 Å². The molecule has 1 amide bonds. The van der Waals surface area contributed by atoms with Gasteiger partial charge in [-0.3, -0.25) is 5.32 Å². The molecule has 0 aromatic heterocycles. The average Bonchev–Trinajstić information content (AvgIpc) is 2.08. The minimum absolute atomic E-state index is 0.593. The van der Waals surface area contributed by atoms with E-state index in [4.69, 9.17) is 10.3 Å². The normalized spacial score (nSPS) is 7.83. The lowest BCUT2D eigenvalue weighted by atomic mass is 10.3. The van der Waals surface area contributed by atoms with Crippen molar-refractivity contribution in [2.24, 2.45) is 5.90 Å². The van der Waals surface area contributed by atoms with E-state index < -0.39 is 6.09 Å². The van der Waals surface area contributed by atoms with Crippen LogP contribution in [0.3, 0.4) is 0 Å². The van der Waals surface area contributed by atoms with Crippen molar-refractivity contribution in [2.45, 2.75) is 0 Å². The molecule has 0 bridgehead atoms. The number of nitrogens with one attached hydrogen (secondary N) is 1. The molecule has 1 rings (SSSR count). The third-order valence-corrected chi connectivity index (χ3v) is 1.03. The summed E-state index contributed by atoms with van der Waals surface area (Å²) >= 11 is 0. The topological polar surface area (TPSA) is 95.6 Å². The first kappa shape index (κ1) is 10.4. The van der Waals surface area contributed by atoms with Crippen LogP contribution in [0.2, 0.25) is 0 Å². The van der Waals surface area contributed by atoms with Crippen molar-refractivity contribution in [1.82, 2.24) is 0 Å². The summed E-state index contributed by atoms with van der Waals surface area (Å²) in [7, 11) is 0. The maximum absolute atomic E-state index is 10.1. The third-order valence-electron chi connectivity index (χ3n) is 1.03. The molecule has 0 atom stereocenters. The second-order valence-corrected chi connectivity index (χ2v) is 1.80. The number of para-hydroxylation sites is 1. The Morgan fingerprint density at radius 3 is 2.17 bits per heavy atom. The smallest absolute Gasteiger partial charge is 0.409 e. The van der Waals surface area contributed by atoms with Gasteiger partial charge in [0.25, 0.3) is 0 Å². The van der Waals surface area contributed by atoms with Crippen LogP contribution in [0.15, 0.2) is 30.3 Å². The van der Waals surface area contributed by atoms with Crippen LogP contribution in [0.5, 0.6) is 0 Å². The Balaban J connectivity index is 0.000000561. The number of carboxylic acid groups (broad SMARTS) is 1. The minimum atomic E-state index is -1.04. The molecule has 0 saturated heterocycles. The van der Waals surface area contributed by atoms with Gasteiger partial charge in [0, 0.05) is 5.69 Å². The highest BCUT2D eigenvalue weighted by Gasteiger charge is 1.92. The van der Waals surface area contributed by atoms with Crippen LogP contribution in [0.1, 0.15) is 0 Å². The molecule has 1 aromatic rings. The predicted octanol–water partition coefficient (Wildman–Crippen LogP) is 1.11. The highest BCUT2D eigenvalue weighted by Crippen LogP contribution is 2.03. The Morgan fingerprint density at radius 2 is 1.75 bits per heavy atom. The van der Waals surface area contributed by atoms with Crippen LogP contribution in [0.4, 0.5) is 10.5 Å². The van der Waals surface area contributed by atoms with E-state index in [1.807, 2.05) is 6.07 Å². The largest absolute Gasteiger partial charge is 0.465 e. The van der Waals surface area contributed by atoms with Gasteiger partial charge in [-0.1, -0.05) is 18.2 Å². The predicted molar refractivity (Wildman–Crippen MR) is 44.1 cm³/mol. The quantitative estimate of drug-likeness (QED) is 0.475. The summed E-state index contributed by atoms with van der Waals surface area (Å²) in [6, 6.07) is 8.74. The van der Waals surface area contributed by atoms with E-state index in [1.54, 1.807) is 24.3 Å². The number of hydrogen-bond acceptors (Lipinski definition) is 3. The SMILES string of the molecule is NO.O=C(O)Nc1ccccc1. The molecule has 5 heteroatoms. The minimum Gasteiger partial charge on any atom is -0.465 e. The van der Waals surface area contributed by atoms with Crippen LogP contribution in [0.25, 0.3) is 0 Å². The summed E-state index contributed by atoms with van der Waals surface area (Å²) in [5, 5.41) is 17.0. The summed E-state index contributed by atoms with van der Waals surface area (Å²) in [5.41, 5.74) is 0.593. The molecule has 0 heterocycles. The Hall–Kier alpha value is -1.59. The van der Waals surface area contributed by atoms with Crippen molar-refractivity contribution >= 4 is 11.8 Å². The lowest BCUT2D eigenvalue weighted by molar-refractivity contribution is 0.210. The van der Waals surface area contributed by atoms with Crippen molar-refractivity contribution in [2.75, 3.05) is 5.32 Å². The maximum Gasteiger partial charge on any atom is 0.409 e. The standard InChI is InChI=1S/C7H7NO2.H3NO/c9-7(10)8-6-4-2-1-3-5-6;1-2/h1-5,8H,(H,9,10);2H,1H2. The van der Waals surface area contributed by atoms with Gasteiger partial charge in [-0.2, -0.15) is 0 Å². The van der Waals surface area contributed by atoms with E-state index in [1.165, 1.54) is 0 Å². The van der Waals surface area contributed by atoms with E-state index in [9.17, 15) is 4.79 Å². The zero-order chi connectivity index (χ0) is 9.40. The highest BCUT2D eigenvalue weighted by molar-refractivity contribution is 5.82. The molecule has 0 saturated carbocycles. The van der Waals surface area contributed by atoms with Gasteiger partial charge in [-0.15, -0.1) is 0 Å². The summed E-state index contributed by atoms with van der Waals surface area (Å²) in [4.78, 5) is 10.1. The number of benzene rings is 1. The van der Waals surface area contributed by atoms with Gasteiger partial charge in [-0.05, 0) is 12.1 Å². The number of carbonyl (C=O) groups is 1. The monoisotopic (exact) mass is 170 g/mol. The fourth-order valence-electron chi connectivity index (χ4n) is 0.645. The van der Waals surface area contributed by atoms with Crippen molar-refractivity contribution in [1.29, 1.82) is 0 Å². The molecule has 0 unspecified atom stereocenters. The second-order valence-electron chi connectivity index (χ2n) is 1.80. The molecular weight excluding hydrogens is 160 g/mol. The molecule has 5 nitrogen and oxygen atoms in total. The van der Waals surface area contributed by atoms with Crippen LogP contribution in [-0.2, 0) is 0 Å². The Kier molecular flexibility index (Phi) is 5.33. The molecule has 5 N–H and O–H groups in total. The van der Waals surface area contributed by atoms with Crippen LogP contribution >= 0.6 is 0 Å². The van der Waals surface area contributed by atoms with Crippen molar-refractivity contribution in [3.8, 4) is 0 Å². The van der Waals surface area contributed by atoms with E-state index in [0.29, 0.717) is 5.69 Å². The summed E-state index contributed by atoms with van der Waals surface area (Å²) in [6.45, 7) is 0. The number of rotatable bonds is 1. The molecule has 1 aromatic carbocycles. The lowest BCUT2D eigenvalue weighted by Crippen LogP contribution is -2.06. The first-order valence-electron chi connectivity index (χ1n) is 3.10. The fourth-order valence-corrected chi connectivity index (χ4v) is 0.645. The van der Waals surface area contributed by atoms with Gasteiger partial charge >= 0.3 is 6.09 Å². The fraction of sp³-hybridized carbons (Fsp3) is 0. The molecule has 0 spiro atoms. The van der Waals surface area contributed by atoms with Gasteiger partial charge in [0.2, 0.25) is 0 Å². The Bertz CT molecular complexity index is 225. The first-order chi connectivity index (χ1) is 5.79. The highest BCUT2D eigenvalue weighted by atomic mass is 16.4. The van der Waals surface area contributed by atoms with Gasteiger partial charge in [0.05, 0.1) is 0 Å². The van der Waals surface area contributed by atoms with Crippen molar-refractivity contribution in [3.63, 3.8) is 0 Å². The van der Waals surface area contributed by atoms with Gasteiger partial charge in [0.15, 0.2) is 0 Å². The molecule has 0 aliphatic carbocycles. The van der Waals surface area contributed by atoms with Gasteiger partial charge in [0.1, 0.15) is 0 Å². The summed E-state index contributed by atoms with van der Waals surface area (Å²) < 4.78 is 0. The number of amides is 1. The van der Waals surface area contributed by atoms with E-state index in [-0.39, 0.29) is 0 Å². The summed E-state index contributed by atoms with van der Waals surface area (Å²) in [6.07, 6.45) is -1.04. The first-order valence-corrected chi connectivity index (χ1v) is 3.10. The lowest BCUT2D eigenvalue weighted by Gasteiger charge is -1.96. The van der Waals surface area contributed by atoms with Crippen LogP contribution in [0, 0.1) is 0 Å². The number of hydrogen-bond donors (Lipinski definition) is 4. The molecule has 66 valence electrons.